The SMILES string of the molecule is Cn1cc2c(n1)N(Cc1ccccc1C(F)(F)F)C(=O)N(C1CCN(c3c(F)cccc3OC(F)(F)F)CC1)C2. The lowest BCUT2D eigenvalue weighted by Crippen LogP contribution is -2.54. The van der Waals surface area contributed by atoms with Crippen LogP contribution in [0.25, 0.3) is 0 Å². The Kier molecular flexibility index (Phi) is 7.04. The van der Waals surface area contributed by atoms with Crippen molar-refractivity contribution in [2.75, 3.05) is 22.9 Å². The Bertz CT molecular complexity index is 1400. The van der Waals surface area contributed by atoms with Crippen LogP contribution in [0, 0.1) is 5.82 Å². The molecule has 2 aromatic carbocycles. The normalized spacial score (nSPS) is 16.9. The maximum Gasteiger partial charge on any atom is 0.573 e. The van der Waals surface area contributed by atoms with Crippen molar-refractivity contribution in [3.8, 4) is 5.75 Å². The number of ether oxygens (including phenoxy) is 1. The second-order valence-electron chi connectivity index (χ2n) is 9.66. The van der Waals surface area contributed by atoms with Gasteiger partial charge < -0.3 is 14.5 Å². The van der Waals surface area contributed by atoms with Crippen LogP contribution in [-0.4, -0.2) is 46.2 Å². The van der Waals surface area contributed by atoms with Gasteiger partial charge in [-0.15, -0.1) is 13.2 Å². The number of piperidine rings is 1. The Labute approximate surface area is 224 Å². The molecule has 3 aromatic rings. The molecule has 3 heterocycles. The van der Waals surface area contributed by atoms with Crippen molar-refractivity contribution in [1.82, 2.24) is 14.7 Å². The van der Waals surface area contributed by atoms with Crippen molar-refractivity contribution in [3.05, 3.63) is 71.2 Å². The molecule has 0 bridgehead atoms. The van der Waals surface area contributed by atoms with E-state index in [1.54, 1.807) is 13.2 Å². The van der Waals surface area contributed by atoms with Crippen LogP contribution in [0.3, 0.4) is 0 Å². The zero-order valence-electron chi connectivity index (χ0n) is 21.1. The largest absolute Gasteiger partial charge is 0.573 e. The highest BCUT2D eigenvalue weighted by Gasteiger charge is 2.41. The van der Waals surface area contributed by atoms with Crippen molar-refractivity contribution in [2.45, 2.75) is 44.5 Å². The van der Waals surface area contributed by atoms with E-state index in [1.165, 1.54) is 37.6 Å². The highest BCUT2D eigenvalue weighted by molar-refractivity contribution is 5.94. The molecule has 2 aliphatic heterocycles. The summed E-state index contributed by atoms with van der Waals surface area (Å²) in [5.74, 6) is -1.27. The third-order valence-corrected chi connectivity index (χ3v) is 7.00. The van der Waals surface area contributed by atoms with Gasteiger partial charge in [0.25, 0.3) is 0 Å². The minimum atomic E-state index is -5.00. The third-order valence-electron chi connectivity index (χ3n) is 7.00. The van der Waals surface area contributed by atoms with Gasteiger partial charge in [0.2, 0.25) is 0 Å². The molecule has 0 N–H and O–H groups in total. The smallest absolute Gasteiger partial charge is 0.403 e. The van der Waals surface area contributed by atoms with E-state index in [2.05, 4.69) is 9.84 Å². The van der Waals surface area contributed by atoms with Gasteiger partial charge >= 0.3 is 18.6 Å². The molecule has 7 nitrogen and oxygen atoms in total. The number of nitrogens with zero attached hydrogens (tertiary/aromatic N) is 5. The van der Waals surface area contributed by atoms with E-state index in [9.17, 15) is 35.5 Å². The molecule has 40 heavy (non-hydrogen) atoms. The first kappa shape index (κ1) is 27.6. The molecule has 1 fully saturated rings. The number of urea groups is 1. The number of aryl methyl sites for hydroxylation is 1. The standard InChI is InChI=1S/C26H24F7N5O2/c1-35-13-17-15-37(24(39)38(23(17)34-35)14-16-5-2-3-6-19(16)25(28,29)30)18-9-11-36(12-10-18)22-20(27)7-4-8-21(22)40-26(31,32)33/h2-8,13,18H,9-12,14-15H2,1H3. The summed E-state index contributed by atoms with van der Waals surface area (Å²) in [6, 6.07) is 7.27. The first-order chi connectivity index (χ1) is 18.8. The Morgan fingerprint density at radius 2 is 1.70 bits per heavy atom. The summed E-state index contributed by atoms with van der Waals surface area (Å²) >= 11 is 0. The molecule has 0 saturated carbocycles. The van der Waals surface area contributed by atoms with Crippen LogP contribution < -0.4 is 14.5 Å². The zero-order chi connectivity index (χ0) is 28.8. The number of benzene rings is 2. The Morgan fingerprint density at radius 1 is 1.00 bits per heavy atom. The van der Waals surface area contributed by atoms with E-state index in [4.69, 9.17) is 0 Å². The Morgan fingerprint density at radius 3 is 2.38 bits per heavy atom. The Hall–Kier alpha value is -3.97. The monoisotopic (exact) mass is 571 g/mol. The number of aromatic nitrogens is 2. The highest BCUT2D eigenvalue weighted by atomic mass is 19.4. The quantitative estimate of drug-likeness (QED) is 0.348. The minimum Gasteiger partial charge on any atom is -0.403 e. The number of hydrogen-bond acceptors (Lipinski definition) is 4. The van der Waals surface area contributed by atoms with Gasteiger partial charge in [0.15, 0.2) is 11.6 Å². The third kappa shape index (κ3) is 5.52. The van der Waals surface area contributed by atoms with Crippen LogP contribution in [0.4, 0.5) is 47.0 Å². The second kappa shape index (κ2) is 10.2. The average molecular weight is 571 g/mol. The van der Waals surface area contributed by atoms with E-state index in [1.807, 2.05) is 0 Å². The summed E-state index contributed by atoms with van der Waals surface area (Å²) < 4.78 is 99.8. The number of hydrogen-bond donors (Lipinski definition) is 0. The number of rotatable bonds is 5. The van der Waals surface area contributed by atoms with Gasteiger partial charge in [-0.1, -0.05) is 24.3 Å². The number of carbonyl (C=O) groups is 1. The maximum atomic E-state index is 14.6. The topological polar surface area (TPSA) is 53.8 Å². The van der Waals surface area contributed by atoms with E-state index >= 15 is 0 Å². The summed E-state index contributed by atoms with van der Waals surface area (Å²) in [6.45, 7) is 0.0499. The minimum absolute atomic E-state index is 0.0895. The number of amides is 2. The zero-order valence-corrected chi connectivity index (χ0v) is 21.1. The fourth-order valence-electron chi connectivity index (χ4n) is 5.30. The molecule has 0 radical (unpaired) electrons. The fraction of sp³-hybridized carbons (Fsp3) is 0.385. The molecule has 0 atom stereocenters. The summed E-state index contributed by atoms with van der Waals surface area (Å²) in [4.78, 5) is 17.9. The van der Waals surface area contributed by atoms with Crippen molar-refractivity contribution >= 4 is 17.5 Å². The highest BCUT2D eigenvalue weighted by Crippen LogP contribution is 2.39. The van der Waals surface area contributed by atoms with Crippen molar-refractivity contribution in [3.63, 3.8) is 0 Å². The molecule has 2 aliphatic rings. The van der Waals surface area contributed by atoms with Gasteiger partial charge in [0.1, 0.15) is 11.5 Å². The van der Waals surface area contributed by atoms with Gasteiger partial charge in [-0.2, -0.15) is 18.3 Å². The number of halogens is 7. The summed E-state index contributed by atoms with van der Waals surface area (Å²) in [7, 11) is 1.64. The summed E-state index contributed by atoms with van der Waals surface area (Å²) in [5.41, 5.74) is -0.618. The van der Waals surface area contributed by atoms with Crippen LogP contribution in [0.15, 0.2) is 48.7 Å². The van der Waals surface area contributed by atoms with Gasteiger partial charge in [0.05, 0.1) is 18.7 Å². The van der Waals surface area contributed by atoms with Crippen LogP contribution >= 0.6 is 0 Å². The number of fused-ring (bicyclic) bond motifs is 1. The molecular weight excluding hydrogens is 547 g/mol. The number of para-hydroxylation sites is 1. The first-order valence-electron chi connectivity index (χ1n) is 12.4. The lowest BCUT2D eigenvalue weighted by Gasteiger charge is -2.43. The van der Waals surface area contributed by atoms with Crippen molar-refractivity contribution < 1.29 is 40.3 Å². The van der Waals surface area contributed by atoms with Gasteiger partial charge in [0, 0.05) is 37.9 Å². The molecule has 5 rings (SSSR count). The van der Waals surface area contributed by atoms with Gasteiger partial charge in [-0.05, 0) is 36.6 Å². The lowest BCUT2D eigenvalue weighted by molar-refractivity contribution is -0.274. The van der Waals surface area contributed by atoms with E-state index in [0.29, 0.717) is 5.56 Å². The van der Waals surface area contributed by atoms with E-state index in [0.717, 1.165) is 24.3 Å². The molecule has 1 saturated heterocycles. The fourth-order valence-corrected chi connectivity index (χ4v) is 5.30. The summed E-state index contributed by atoms with van der Waals surface area (Å²) in [5, 5.41) is 4.31. The van der Waals surface area contributed by atoms with Crippen LogP contribution in [0.1, 0.15) is 29.5 Å². The first-order valence-corrected chi connectivity index (χ1v) is 12.4. The molecule has 0 unspecified atom stereocenters. The van der Waals surface area contributed by atoms with Crippen molar-refractivity contribution in [2.24, 2.45) is 7.05 Å². The molecule has 14 heteroatoms. The molecule has 2 amide bonds. The predicted molar refractivity (Wildman–Crippen MR) is 130 cm³/mol. The maximum absolute atomic E-state index is 14.6. The Balaban J connectivity index is 1.38. The summed E-state index contributed by atoms with van der Waals surface area (Å²) in [6.07, 6.45) is -7.36. The average Bonchev–Trinajstić information content (AvgIpc) is 3.25. The number of alkyl halides is 6. The lowest BCUT2D eigenvalue weighted by atomic mass is 10.0. The molecule has 1 aromatic heterocycles. The van der Waals surface area contributed by atoms with E-state index in [-0.39, 0.29) is 56.1 Å². The number of carbonyl (C=O) groups excluding carboxylic acids is 1. The van der Waals surface area contributed by atoms with Crippen molar-refractivity contribution in [1.29, 1.82) is 0 Å². The van der Waals surface area contributed by atoms with Crippen LogP contribution in [0.5, 0.6) is 5.75 Å². The molecule has 214 valence electrons. The molecule has 0 spiro atoms. The number of anilines is 2. The van der Waals surface area contributed by atoms with Crippen LogP contribution in [0.2, 0.25) is 0 Å². The molecule has 0 aliphatic carbocycles. The van der Waals surface area contributed by atoms with E-state index < -0.39 is 41.7 Å². The predicted octanol–water partition coefficient (Wildman–Crippen LogP) is 6.09. The molecular formula is C26H24F7N5O2. The van der Waals surface area contributed by atoms with Gasteiger partial charge in [-0.3, -0.25) is 9.58 Å². The van der Waals surface area contributed by atoms with Crippen LogP contribution in [-0.2, 0) is 26.3 Å². The van der Waals surface area contributed by atoms with Gasteiger partial charge in [-0.25, -0.2) is 9.18 Å². The second-order valence-corrected chi connectivity index (χ2v) is 9.66.